The zero-order chi connectivity index (χ0) is 16.2. The predicted molar refractivity (Wildman–Crippen MR) is 89.5 cm³/mol. The van der Waals surface area contributed by atoms with Crippen molar-refractivity contribution in [1.29, 1.82) is 0 Å². The first-order valence-electron chi connectivity index (χ1n) is 7.68. The lowest BCUT2D eigenvalue weighted by Crippen LogP contribution is -1.98. The number of pyridine rings is 1. The van der Waals surface area contributed by atoms with Crippen molar-refractivity contribution in [2.75, 3.05) is 20.3 Å². The van der Waals surface area contributed by atoms with Gasteiger partial charge in [-0.2, -0.15) is 0 Å². The van der Waals surface area contributed by atoms with Crippen molar-refractivity contribution < 1.29 is 14.2 Å². The van der Waals surface area contributed by atoms with E-state index >= 15 is 0 Å². The highest BCUT2D eigenvalue weighted by Crippen LogP contribution is 2.33. The Hall–Kier alpha value is -2.69. The van der Waals surface area contributed by atoms with Crippen molar-refractivity contribution in [1.82, 2.24) is 9.38 Å². The van der Waals surface area contributed by atoms with Crippen LogP contribution in [0.1, 0.15) is 13.8 Å². The molecular formula is C18H20N2O3. The summed E-state index contributed by atoms with van der Waals surface area (Å²) in [5.74, 6) is 2.23. The first kappa shape index (κ1) is 15.2. The number of imidazole rings is 1. The molecule has 5 nitrogen and oxygen atoms in total. The maximum Gasteiger partial charge on any atom is 0.180 e. The van der Waals surface area contributed by atoms with Crippen LogP contribution in [0, 0.1) is 0 Å². The Kier molecular flexibility index (Phi) is 4.37. The van der Waals surface area contributed by atoms with Crippen LogP contribution >= 0.6 is 0 Å². The SMILES string of the molecule is CCOc1ccc(-c2cn3cccc(OC)c3n2)cc1OCC. The third kappa shape index (κ3) is 2.95. The molecule has 5 heteroatoms. The van der Waals surface area contributed by atoms with Crippen molar-refractivity contribution in [3.05, 3.63) is 42.7 Å². The van der Waals surface area contributed by atoms with E-state index in [1.807, 2.05) is 61.0 Å². The first-order valence-corrected chi connectivity index (χ1v) is 7.68. The van der Waals surface area contributed by atoms with E-state index in [1.54, 1.807) is 7.11 Å². The Morgan fingerprint density at radius 2 is 1.78 bits per heavy atom. The van der Waals surface area contributed by atoms with Crippen LogP contribution in [0.4, 0.5) is 0 Å². The second-order valence-electron chi connectivity index (χ2n) is 4.96. The molecule has 0 atom stereocenters. The number of hydrogen-bond acceptors (Lipinski definition) is 4. The van der Waals surface area contributed by atoms with Crippen LogP contribution in [0.25, 0.3) is 16.9 Å². The monoisotopic (exact) mass is 312 g/mol. The summed E-state index contributed by atoms with van der Waals surface area (Å²) in [4.78, 5) is 4.67. The lowest BCUT2D eigenvalue weighted by atomic mass is 10.1. The smallest absolute Gasteiger partial charge is 0.180 e. The summed E-state index contributed by atoms with van der Waals surface area (Å²) >= 11 is 0. The summed E-state index contributed by atoms with van der Waals surface area (Å²) in [6.45, 7) is 5.10. The minimum Gasteiger partial charge on any atom is -0.493 e. The van der Waals surface area contributed by atoms with Gasteiger partial charge in [-0.25, -0.2) is 4.98 Å². The van der Waals surface area contributed by atoms with Gasteiger partial charge in [0.15, 0.2) is 22.9 Å². The molecule has 2 aromatic heterocycles. The fraction of sp³-hybridized carbons (Fsp3) is 0.278. The molecule has 0 saturated heterocycles. The maximum absolute atomic E-state index is 5.69. The normalized spacial score (nSPS) is 10.7. The van der Waals surface area contributed by atoms with Crippen LogP contribution in [0.2, 0.25) is 0 Å². The highest BCUT2D eigenvalue weighted by molar-refractivity contribution is 5.68. The lowest BCUT2D eigenvalue weighted by Gasteiger charge is -2.11. The second kappa shape index (κ2) is 6.60. The van der Waals surface area contributed by atoms with Gasteiger partial charge in [0, 0.05) is 18.0 Å². The summed E-state index contributed by atoms with van der Waals surface area (Å²) in [5, 5.41) is 0. The van der Waals surface area contributed by atoms with Gasteiger partial charge < -0.3 is 18.6 Å². The third-order valence-corrected chi connectivity index (χ3v) is 3.51. The van der Waals surface area contributed by atoms with Crippen molar-refractivity contribution >= 4 is 5.65 Å². The second-order valence-corrected chi connectivity index (χ2v) is 4.96. The Labute approximate surface area is 135 Å². The molecule has 3 rings (SSSR count). The molecule has 0 amide bonds. The molecule has 0 radical (unpaired) electrons. The Bertz CT molecular complexity index is 811. The van der Waals surface area contributed by atoms with Crippen molar-refractivity contribution in [3.8, 4) is 28.5 Å². The number of aromatic nitrogens is 2. The largest absolute Gasteiger partial charge is 0.493 e. The van der Waals surface area contributed by atoms with Crippen LogP contribution in [-0.4, -0.2) is 29.7 Å². The molecule has 0 N–H and O–H groups in total. The summed E-state index contributed by atoms with van der Waals surface area (Å²) in [5.41, 5.74) is 2.62. The van der Waals surface area contributed by atoms with E-state index < -0.39 is 0 Å². The molecule has 0 spiro atoms. The van der Waals surface area contributed by atoms with Gasteiger partial charge in [0.2, 0.25) is 0 Å². The molecule has 0 bridgehead atoms. The van der Waals surface area contributed by atoms with Gasteiger partial charge in [-0.1, -0.05) is 0 Å². The fourth-order valence-electron chi connectivity index (χ4n) is 2.50. The molecule has 0 saturated carbocycles. The van der Waals surface area contributed by atoms with Crippen LogP contribution in [-0.2, 0) is 0 Å². The number of fused-ring (bicyclic) bond motifs is 1. The van der Waals surface area contributed by atoms with E-state index in [1.165, 1.54) is 0 Å². The van der Waals surface area contributed by atoms with Gasteiger partial charge in [0.25, 0.3) is 0 Å². The third-order valence-electron chi connectivity index (χ3n) is 3.51. The lowest BCUT2D eigenvalue weighted by molar-refractivity contribution is 0.288. The van der Waals surface area contributed by atoms with E-state index in [0.717, 1.165) is 34.2 Å². The Morgan fingerprint density at radius 3 is 2.52 bits per heavy atom. The van der Waals surface area contributed by atoms with Crippen molar-refractivity contribution in [2.24, 2.45) is 0 Å². The predicted octanol–water partition coefficient (Wildman–Crippen LogP) is 3.81. The number of benzene rings is 1. The molecule has 3 aromatic rings. The fourth-order valence-corrected chi connectivity index (χ4v) is 2.50. The standard InChI is InChI=1S/C18H20N2O3/c1-4-22-15-9-8-13(11-17(15)23-5-2)14-12-20-10-6-7-16(21-3)18(20)19-14/h6-12H,4-5H2,1-3H3. The van der Waals surface area contributed by atoms with Gasteiger partial charge in [0.1, 0.15) is 0 Å². The number of hydrogen-bond donors (Lipinski definition) is 0. The number of ether oxygens (including phenoxy) is 3. The quantitative estimate of drug-likeness (QED) is 0.694. The number of nitrogens with zero attached hydrogens (tertiary/aromatic N) is 2. The Balaban J connectivity index is 2.05. The van der Waals surface area contributed by atoms with E-state index in [9.17, 15) is 0 Å². The minimum atomic E-state index is 0.586. The maximum atomic E-state index is 5.69. The van der Waals surface area contributed by atoms with Gasteiger partial charge in [-0.15, -0.1) is 0 Å². The first-order chi connectivity index (χ1) is 11.3. The molecule has 2 heterocycles. The molecule has 120 valence electrons. The van der Waals surface area contributed by atoms with E-state index in [4.69, 9.17) is 14.2 Å². The zero-order valence-electron chi connectivity index (χ0n) is 13.6. The van der Waals surface area contributed by atoms with Gasteiger partial charge in [0.05, 0.1) is 26.0 Å². The topological polar surface area (TPSA) is 45.0 Å². The van der Waals surface area contributed by atoms with Crippen LogP contribution in [0.15, 0.2) is 42.7 Å². The zero-order valence-corrected chi connectivity index (χ0v) is 13.6. The van der Waals surface area contributed by atoms with Crippen LogP contribution < -0.4 is 14.2 Å². The molecule has 1 aromatic carbocycles. The van der Waals surface area contributed by atoms with Gasteiger partial charge in [-0.3, -0.25) is 0 Å². The number of rotatable bonds is 6. The summed E-state index contributed by atoms with van der Waals surface area (Å²) < 4.78 is 18.6. The molecule has 0 fully saturated rings. The van der Waals surface area contributed by atoms with Crippen LogP contribution in [0.5, 0.6) is 17.2 Å². The average molecular weight is 312 g/mol. The average Bonchev–Trinajstić information content (AvgIpc) is 3.01. The van der Waals surface area contributed by atoms with E-state index in [-0.39, 0.29) is 0 Å². The highest BCUT2D eigenvalue weighted by Gasteiger charge is 2.12. The van der Waals surface area contributed by atoms with E-state index in [0.29, 0.717) is 13.2 Å². The Morgan fingerprint density at radius 1 is 1.00 bits per heavy atom. The van der Waals surface area contributed by atoms with Gasteiger partial charge >= 0.3 is 0 Å². The molecule has 0 unspecified atom stereocenters. The molecule has 0 aliphatic heterocycles. The minimum absolute atomic E-state index is 0.586. The molecule has 0 aliphatic carbocycles. The molecule has 0 aliphatic rings. The van der Waals surface area contributed by atoms with Crippen LogP contribution in [0.3, 0.4) is 0 Å². The molecular weight excluding hydrogens is 292 g/mol. The van der Waals surface area contributed by atoms with Gasteiger partial charge in [-0.05, 0) is 44.2 Å². The summed E-state index contributed by atoms with van der Waals surface area (Å²) in [7, 11) is 1.65. The van der Waals surface area contributed by atoms with E-state index in [2.05, 4.69) is 4.98 Å². The summed E-state index contributed by atoms with van der Waals surface area (Å²) in [6, 6.07) is 9.70. The summed E-state index contributed by atoms with van der Waals surface area (Å²) in [6.07, 6.45) is 3.93. The molecule has 23 heavy (non-hydrogen) atoms. The highest BCUT2D eigenvalue weighted by atomic mass is 16.5. The van der Waals surface area contributed by atoms with Crippen molar-refractivity contribution in [3.63, 3.8) is 0 Å². The number of methoxy groups -OCH3 is 1. The van der Waals surface area contributed by atoms with Crippen molar-refractivity contribution in [2.45, 2.75) is 13.8 Å².